The standard InChI is InChI=1S/C15H23N/c1-6-16-15(9-11(2)3)14-8-7-12(4)10-13(14)5/h7-8,10,15-16H,2,6,9H2,1,3-5H3. The van der Waals surface area contributed by atoms with Crippen LogP contribution in [0.15, 0.2) is 30.4 Å². The molecule has 0 saturated heterocycles. The fourth-order valence-corrected chi connectivity index (χ4v) is 2.10. The van der Waals surface area contributed by atoms with E-state index in [2.05, 4.69) is 57.8 Å². The monoisotopic (exact) mass is 217 g/mol. The van der Waals surface area contributed by atoms with E-state index in [1.54, 1.807) is 0 Å². The van der Waals surface area contributed by atoms with Crippen molar-refractivity contribution < 1.29 is 0 Å². The third-order valence-electron chi connectivity index (χ3n) is 2.80. The highest BCUT2D eigenvalue weighted by Gasteiger charge is 2.12. The van der Waals surface area contributed by atoms with E-state index in [0.29, 0.717) is 6.04 Å². The fourth-order valence-electron chi connectivity index (χ4n) is 2.10. The Balaban J connectivity index is 2.95. The molecule has 0 heterocycles. The lowest BCUT2D eigenvalue weighted by atomic mass is 9.95. The van der Waals surface area contributed by atoms with Crippen molar-refractivity contribution in [2.24, 2.45) is 0 Å². The summed E-state index contributed by atoms with van der Waals surface area (Å²) < 4.78 is 0. The van der Waals surface area contributed by atoms with Crippen molar-refractivity contribution in [2.75, 3.05) is 6.54 Å². The number of rotatable bonds is 5. The second kappa shape index (κ2) is 5.86. The van der Waals surface area contributed by atoms with Crippen LogP contribution in [-0.4, -0.2) is 6.54 Å². The Morgan fingerprint density at radius 2 is 2.06 bits per heavy atom. The third kappa shape index (κ3) is 3.49. The molecule has 1 N–H and O–H groups in total. The Kier molecular flexibility index (Phi) is 4.75. The first-order valence-electron chi connectivity index (χ1n) is 5.99. The summed E-state index contributed by atoms with van der Waals surface area (Å²) in [6, 6.07) is 7.08. The van der Waals surface area contributed by atoms with Crippen LogP contribution in [0.2, 0.25) is 0 Å². The van der Waals surface area contributed by atoms with Gasteiger partial charge in [0, 0.05) is 6.04 Å². The summed E-state index contributed by atoms with van der Waals surface area (Å²) in [6.45, 7) is 13.6. The van der Waals surface area contributed by atoms with Crippen LogP contribution in [0.4, 0.5) is 0 Å². The number of hydrogen-bond acceptors (Lipinski definition) is 1. The average Bonchev–Trinajstić information content (AvgIpc) is 2.16. The molecule has 1 rings (SSSR count). The smallest absolute Gasteiger partial charge is 0.0359 e. The van der Waals surface area contributed by atoms with Gasteiger partial charge in [0.1, 0.15) is 0 Å². The van der Waals surface area contributed by atoms with Gasteiger partial charge in [0.05, 0.1) is 0 Å². The van der Waals surface area contributed by atoms with Crippen molar-refractivity contribution >= 4 is 0 Å². The first-order valence-corrected chi connectivity index (χ1v) is 5.99. The highest BCUT2D eigenvalue weighted by molar-refractivity contribution is 5.33. The summed E-state index contributed by atoms with van der Waals surface area (Å²) in [5.74, 6) is 0. The van der Waals surface area contributed by atoms with Gasteiger partial charge < -0.3 is 5.32 Å². The van der Waals surface area contributed by atoms with E-state index in [1.165, 1.54) is 22.3 Å². The quantitative estimate of drug-likeness (QED) is 0.737. The van der Waals surface area contributed by atoms with Gasteiger partial charge in [0.25, 0.3) is 0 Å². The van der Waals surface area contributed by atoms with Crippen LogP contribution in [0.3, 0.4) is 0 Å². The number of hydrogen-bond donors (Lipinski definition) is 1. The Labute approximate surface area is 99.6 Å². The SMILES string of the molecule is C=C(C)CC(NCC)c1ccc(C)cc1C. The van der Waals surface area contributed by atoms with Gasteiger partial charge in [-0.05, 0) is 44.9 Å². The van der Waals surface area contributed by atoms with Crippen molar-refractivity contribution in [1.82, 2.24) is 5.32 Å². The van der Waals surface area contributed by atoms with Crippen molar-refractivity contribution in [3.05, 3.63) is 47.0 Å². The van der Waals surface area contributed by atoms with Gasteiger partial charge in [-0.2, -0.15) is 0 Å². The molecule has 88 valence electrons. The van der Waals surface area contributed by atoms with E-state index in [0.717, 1.165) is 13.0 Å². The molecule has 0 saturated carbocycles. The number of benzene rings is 1. The van der Waals surface area contributed by atoms with Gasteiger partial charge in [0.15, 0.2) is 0 Å². The third-order valence-corrected chi connectivity index (χ3v) is 2.80. The summed E-state index contributed by atoms with van der Waals surface area (Å²) in [4.78, 5) is 0. The Hall–Kier alpha value is -1.08. The van der Waals surface area contributed by atoms with Crippen LogP contribution >= 0.6 is 0 Å². The van der Waals surface area contributed by atoms with Crippen molar-refractivity contribution in [3.8, 4) is 0 Å². The van der Waals surface area contributed by atoms with E-state index >= 15 is 0 Å². The molecule has 1 unspecified atom stereocenters. The van der Waals surface area contributed by atoms with Crippen LogP contribution in [-0.2, 0) is 0 Å². The maximum atomic E-state index is 4.01. The zero-order valence-corrected chi connectivity index (χ0v) is 10.9. The highest BCUT2D eigenvalue weighted by Crippen LogP contribution is 2.24. The zero-order chi connectivity index (χ0) is 12.1. The molecule has 1 atom stereocenters. The van der Waals surface area contributed by atoms with Crippen molar-refractivity contribution in [3.63, 3.8) is 0 Å². The predicted molar refractivity (Wildman–Crippen MR) is 71.8 cm³/mol. The minimum Gasteiger partial charge on any atom is -0.310 e. The topological polar surface area (TPSA) is 12.0 Å². The molecule has 1 nitrogen and oxygen atoms in total. The molecule has 1 aromatic carbocycles. The van der Waals surface area contributed by atoms with Gasteiger partial charge in [-0.1, -0.05) is 36.3 Å². The van der Waals surface area contributed by atoms with Crippen molar-refractivity contribution in [2.45, 2.75) is 40.2 Å². The molecule has 0 radical (unpaired) electrons. The van der Waals surface area contributed by atoms with E-state index in [-0.39, 0.29) is 0 Å². The molecule has 0 aliphatic rings. The van der Waals surface area contributed by atoms with Gasteiger partial charge in [-0.25, -0.2) is 0 Å². The van der Waals surface area contributed by atoms with E-state index in [1.807, 2.05) is 0 Å². The summed E-state index contributed by atoms with van der Waals surface area (Å²) in [5, 5.41) is 3.53. The van der Waals surface area contributed by atoms with Crippen LogP contribution in [0.5, 0.6) is 0 Å². The maximum Gasteiger partial charge on any atom is 0.0359 e. The van der Waals surface area contributed by atoms with Crippen molar-refractivity contribution in [1.29, 1.82) is 0 Å². The molecule has 1 heteroatoms. The first-order chi connectivity index (χ1) is 7.54. The fraction of sp³-hybridized carbons (Fsp3) is 0.467. The summed E-state index contributed by atoms with van der Waals surface area (Å²) in [5.41, 5.74) is 5.32. The minimum atomic E-state index is 0.406. The summed E-state index contributed by atoms with van der Waals surface area (Å²) in [6.07, 6.45) is 1.01. The van der Waals surface area contributed by atoms with Gasteiger partial charge in [-0.15, -0.1) is 6.58 Å². The Bertz CT molecular complexity index is 366. The second-order valence-corrected chi connectivity index (χ2v) is 4.63. The van der Waals surface area contributed by atoms with Crippen LogP contribution in [0.1, 0.15) is 43.0 Å². The molecule has 0 spiro atoms. The maximum absolute atomic E-state index is 4.01. The average molecular weight is 217 g/mol. The summed E-state index contributed by atoms with van der Waals surface area (Å²) >= 11 is 0. The molecule has 0 bridgehead atoms. The Morgan fingerprint density at radius 1 is 1.38 bits per heavy atom. The molecule has 1 aromatic rings. The molecular weight excluding hydrogens is 194 g/mol. The summed E-state index contributed by atoms with van der Waals surface area (Å²) in [7, 11) is 0. The molecule has 0 aromatic heterocycles. The van der Waals surface area contributed by atoms with E-state index in [9.17, 15) is 0 Å². The highest BCUT2D eigenvalue weighted by atomic mass is 14.9. The largest absolute Gasteiger partial charge is 0.310 e. The normalized spacial score (nSPS) is 12.5. The van der Waals surface area contributed by atoms with Gasteiger partial charge in [-0.3, -0.25) is 0 Å². The molecule has 0 aliphatic heterocycles. The van der Waals surface area contributed by atoms with E-state index in [4.69, 9.17) is 0 Å². The second-order valence-electron chi connectivity index (χ2n) is 4.63. The lowest BCUT2D eigenvalue weighted by Gasteiger charge is -2.20. The molecule has 16 heavy (non-hydrogen) atoms. The van der Waals surface area contributed by atoms with Gasteiger partial charge >= 0.3 is 0 Å². The molecular formula is C15H23N. The first kappa shape index (κ1) is 13.0. The molecule has 0 fully saturated rings. The lowest BCUT2D eigenvalue weighted by molar-refractivity contribution is 0.546. The molecule has 0 aliphatic carbocycles. The predicted octanol–water partition coefficient (Wildman–Crippen LogP) is 3.92. The molecule has 0 amide bonds. The van der Waals surface area contributed by atoms with Crippen LogP contribution in [0.25, 0.3) is 0 Å². The van der Waals surface area contributed by atoms with Gasteiger partial charge in [0.2, 0.25) is 0 Å². The zero-order valence-electron chi connectivity index (χ0n) is 10.9. The van der Waals surface area contributed by atoms with Crippen LogP contribution < -0.4 is 5.32 Å². The Morgan fingerprint density at radius 3 is 2.56 bits per heavy atom. The van der Waals surface area contributed by atoms with Crippen LogP contribution in [0, 0.1) is 13.8 Å². The minimum absolute atomic E-state index is 0.406. The van der Waals surface area contributed by atoms with E-state index < -0.39 is 0 Å². The number of nitrogens with one attached hydrogen (secondary N) is 1. The number of aryl methyl sites for hydroxylation is 2. The lowest BCUT2D eigenvalue weighted by Crippen LogP contribution is -2.21.